The smallest absolute Gasteiger partial charge is 0.243 e. The van der Waals surface area contributed by atoms with Gasteiger partial charge in [0.05, 0.1) is 10.6 Å². The van der Waals surface area contributed by atoms with E-state index in [-0.39, 0.29) is 5.92 Å². The van der Waals surface area contributed by atoms with Crippen molar-refractivity contribution in [1.82, 2.24) is 9.46 Å². The number of anilines is 1. The first-order valence-electron chi connectivity index (χ1n) is 6.94. The molecule has 8 heteroatoms. The summed E-state index contributed by atoms with van der Waals surface area (Å²) in [4.78, 5) is 0.311. The molecule has 3 rings (SSSR count). The Kier molecular flexibility index (Phi) is 4.24. The van der Waals surface area contributed by atoms with E-state index in [4.69, 9.17) is 10.3 Å². The van der Waals surface area contributed by atoms with Gasteiger partial charge in [0.15, 0.2) is 0 Å². The number of benzene rings is 1. The SMILES string of the molecule is Nc1cc(C2CCN(S(=O)(=O)c3cccc(Br)c3)CC2)no1. The number of sulfonamides is 1. The third kappa shape index (κ3) is 3.04. The number of piperidine rings is 1. The van der Waals surface area contributed by atoms with Crippen molar-refractivity contribution in [2.45, 2.75) is 23.7 Å². The summed E-state index contributed by atoms with van der Waals surface area (Å²) < 4.78 is 32.4. The van der Waals surface area contributed by atoms with Gasteiger partial charge >= 0.3 is 0 Å². The molecule has 1 aromatic carbocycles. The minimum absolute atomic E-state index is 0.190. The molecule has 1 fully saturated rings. The van der Waals surface area contributed by atoms with Gasteiger partial charge in [-0.15, -0.1) is 0 Å². The van der Waals surface area contributed by atoms with Crippen LogP contribution in [0.1, 0.15) is 24.5 Å². The Labute approximate surface area is 137 Å². The van der Waals surface area contributed by atoms with E-state index in [1.807, 2.05) is 0 Å². The maximum Gasteiger partial charge on any atom is 0.243 e. The Morgan fingerprint density at radius 3 is 2.59 bits per heavy atom. The van der Waals surface area contributed by atoms with Crippen molar-refractivity contribution in [3.05, 3.63) is 40.5 Å². The molecule has 1 aromatic heterocycles. The molecule has 1 aliphatic rings. The van der Waals surface area contributed by atoms with Crippen molar-refractivity contribution in [2.24, 2.45) is 0 Å². The van der Waals surface area contributed by atoms with Gasteiger partial charge in [-0.05, 0) is 31.0 Å². The molecule has 0 amide bonds. The summed E-state index contributed by atoms with van der Waals surface area (Å²) in [5, 5.41) is 3.92. The van der Waals surface area contributed by atoms with E-state index in [0.717, 1.165) is 10.2 Å². The number of halogens is 1. The van der Waals surface area contributed by atoms with Crippen LogP contribution in [0.25, 0.3) is 0 Å². The predicted octanol–water partition coefficient (Wildman–Crippen LogP) is 2.59. The molecule has 0 spiro atoms. The molecule has 22 heavy (non-hydrogen) atoms. The number of hydrogen-bond donors (Lipinski definition) is 1. The molecule has 6 nitrogen and oxygen atoms in total. The monoisotopic (exact) mass is 385 g/mol. The van der Waals surface area contributed by atoms with E-state index >= 15 is 0 Å². The topological polar surface area (TPSA) is 89.4 Å². The predicted molar refractivity (Wildman–Crippen MR) is 85.8 cm³/mol. The van der Waals surface area contributed by atoms with Crippen LogP contribution in [0.5, 0.6) is 0 Å². The summed E-state index contributed by atoms with van der Waals surface area (Å²) in [6, 6.07) is 8.48. The summed E-state index contributed by atoms with van der Waals surface area (Å²) in [6.45, 7) is 0.929. The maximum absolute atomic E-state index is 12.6. The van der Waals surface area contributed by atoms with Crippen molar-refractivity contribution in [1.29, 1.82) is 0 Å². The second-order valence-electron chi connectivity index (χ2n) is 5.29. The molecule has 0 saturated carbocycles. The number of rotatable bonds is 3. The lowest BCUT2D eigenvalue weighted by atomic mass is 9.95. The zero-order valence-corrected chi connectivity index (χ0v) is 14.2. The Bertz CT molecular complexity index is 767. The highest BCUT2D eigenvalue weighted by Crippen LogP contribution is 2.31. The quantitative estimate of drug-likeness (QED) is 0.876. The fourth-order valence-electron chi connectivity index (χ4n) is 2.66. The van der Waals surface area contributed by atoms with Crippen LogP contribution in [0.4, 0.5) is 5.88 Å². The zero-order chi connectivity index (χ0) is 15.7. The molecule has 0 radical (unpaired) electrons. The van der Waals surface area contributed by atoms with E-state index in [0.29, 0.717) is 36.7 Å². The van der Waals surface area contributed by atoms with Gasteiger partial charge in [0, 0.05) is 29.5 Å². The Balaban J connectivity index is 1.73. The molecule has 2 N–H and O–H groups in total. The molecular formula is C14H16BrN3O3S. The van der Waals surface area contributed by atoms with Gasteiger partial charge in [-0.25, -0.2) is 8.42 Å². The van der Waals surface area contributed by atoms with Gasteiger partial charge in [0.25, 0.3) is 0 Å². The van der Waals surface area contributed by atoms with Gasteiger partial charge in [-0.2, -0.15) is 4.31 Å². The molecule has 2 heterocycles. The normalized spacial score (nSPS) is 17.7. The van der Waals surface area contributed by atoms with E-state index < -0.39 is 10.0 Å². The van der Waals surface area contributed by atoms with Crippen LogP contribution in [-0.4, -0.2) is 31.0 Å². The molecule has 1 aliphatic heterocycles. The highest BCUT2D eigenvalue weighted by Gasteiger charge is 2.31. The van der Waals surface area contributed by atoms with Gasteiger partial charge in [-0.3, -0.25) is 0 Å². The highest BCUT2D eigenvalue weighted by atomic mass is 79.9. The summed E-state index contributed by atoms with van der Waals surface area (Å²) in [6.07, 6.45) is 1.42. The minimum Gasteiger partial charge on any atom is -0.368 e. The molecule has 0 aliphatic carbocycles. The lowest BCUT2D eigenvalue weighted by molar-refractivity contribution is 0.309. The lowest BCUT2D eigenvalue weighted by Gasteiger charge is -2.30. The van der Waals surface area contributed by atoms with Crippen LogP contribution in [0, 0.1) is 0 Å². The van der Waals surface area contributed by atoms with Gasteiger partial charge in [-0.1, -0.05) is 27.2 Å². The first-order chi connectivity index (χ1) is 10.5. The summed E-state index contributed by atoms with van der Waals surface area (Å²) in [5.41, 5.74) is 6.33. The van der Waals surface area contributed by atoms with E-state index in [1.54, 1.807) is 30.3 Å². The molecular weight excluding hydrogens is 370 g/mol. The molecule has 1 saturated heterocycles. The van der Waals surface area contributed by atoms with Crippen LogP contribution < -0.4 is 5.73 Å². The van der Waals surface area contributed by atoms with E-state index in [2.05, 4.69) is 21.1 Å². The average molecular weight is 386 g/mol. The highest BCUT2D eigenvalue weighted by molar-refractivity contribution is 9.10. The van der Waals surface area contributed by atoms with Gasteiger partial charge < -0.3 is 10.3 Å². The Morgan fingerprint density at radius 2 is 2.00 bits per heavy atom. The molecule has 0 unspecified atom stereocenters. The van der Waals surface area contributed by atoms with Crippen LogP contribution in [0.15, 0.2) is 44.2 Å². The number of nitrogen functional groups attached to an aromatic ring is 1. The average Bonchev–Trinajstić information content (AvgIpc) is 2.94. The van der Waals surface area contributed by atoms with E-state index in [9.17, 15) is 8.42 Å². The largest absolute Gasteiger partial charge is 0.368 e. The number of nitrogens with two attached hydrogens (primary N) is 1. The Morgan fingerprint density at radius 1 is 1.27 bits per heavy atom. The number of aromatic nitrogens is 1. The fourth-order valence-corrected chi connectivity index (χ4v) is 4.73. The van der Waals surface area contributed by atoms with Crippen LogP contribution in [-0.2, 0) is 10.0 Å². The zero-order valence-electron chi connectivity index (χ0n) is 11.8. The molecule has 0 bridgehead atoms. The van der Waals surface area contributed by atoms with Crippen LogP contribution in [0.2, 0.25) is 0 Å². The number of hydrogen-bond acceptors (Lipinski definition) is 5. The standard InChI is InChI=1S/C14H16BrN3O3S/c15-11-2-1-3-12(8-11)22(19,20)18-6-4-10(5-7-18)13-9-14(16)21-17-13/h1-3,8-10H,4-7,16H2. The third-order valence-corrected chi connectivity index (χ3v) is 6.24. The summed E-state index contributed by atoms with van der Waals surface area (Å²) in [7, 11) is -3.45. The maximum atomic E-state index is 12.6. The number of nitrogens with zero attached hydrogens (tertiary/aromatic N) is 2. The second kappa shape index (κ2) is 6.02. The summed E-state index contributed by atoms with van der Waals surface area (Å²) in [5.74, 6) is 0.481. The molecule has 118 valence electrons. The van der Waals surface area contributed by atoms with Crippen molar-refractivity contribution >= 4 is 31.8 Å². The van der Waals surface area contributed by atoms with Crippen molar-refractivity contribution in [3.8, 4) is 0 Å². The first-order valence-corrected chi connectivity index (χ1v) is 9.18. The minimum atomic E-state index is -3.45. The van der Waals surface area contributed by atoms with Crippen molar-refractivity contribution in [2.75, 3.05) is 18.8 Å². The van der Waals surface area contributed by atoms with Crippen molar-refractivity contribution < 1.29 is 12.9 Å². The second-order valence-corrected chi connectivity index (χ2v) is 8.14. The van der Waals surface area contributed by atoms with Crippen molar-refractivity contribution in [3.63, 3.8) is 0 Å². The van der Waals surface area contributed by atoms with Gasteiger partial charge in [0.2, 0.25) is 15.9 Å². The Hall–Kier alpha value is -1.38. The van der Waals surface area contributed by atoms with Crippen LogP contribution in [0.3, 0.4) is 0 Å². The van der Waals surface area contributed by atoms with Gasteiger partial charge in [0.1, 0.15) is 0 Å². The molecule has 0 atom stereocenters. The fraction of sp³-hybridized carbons (Fsp3) is 0.357. The first kappa shape index (κ1) is 15.5. The van der Waals surface area contributed by atoms with Crippen LogP contribution >= 0.6 is 15.9 Å². The molecule has 2 aromatic rings. The third-order valence-electron chi connectivity index (χ3n) is 3.85. The summed E-state index contributed by atoms with van der Waals surface area (Å²) >= 11 is 3.31. The van der Waals surface area contributed by atoms with E-state index in [1.165, 1.54) is 4.31 Å². The lowest BCUT2D eigenvalue weighted by Crippen LogP contribution is -2.37.